The van der Waals surface area contributed by atoms with Gasteiger partial charge in [-0.2, -0.15) is 5.10 Å². The number of hydrazone groups is 1. The molecule has 0 radical (unpaired) electrons. The molecular weight excluding hydrogens is 497 g/mol. The molecule has 11 heteroatoms. The molecule has 3 rings (SSSR count). The molecule has 0 aliphatic heterocycles. The molecule has 1 aromatic heterocycles. The molecule has 0 fully saturated rings. The third kappa shape index (κ3) is 5.83. The van der Waals surface area contributed by atoms with Crippen molar-refractivity contribution in [3.8, 4) is 11.3 Å². The highest BCUT2D eigenvalue weighted by molar-refractivity contribution is 7.92. The summed E-state index contributed by atoms with van der Waals surface area (Å²) in [4.78, 5) is 12.3. The Kier molecular flexibility index (Phi) is 7.51. The highest BCUT2D eigenvalue weighted by Crippen LogP contribution is 2.31. The third-order valence-electron chi connectivity index (χ3n) is 4.40. The first-order valence-corrected chi connectivity index (χ1v) is 12.1. The molecule has 1 heterocycles. The van der Waals surface area contributed by atoms with E-state index in [1.165, 1.54) is 6.21 Å². The van der Waals surface area contributed by atoms with Gasteiger partial charge in [-0.25, -0.2) is 13.8 Å². The van der Waals surface area contributed by atoms with E-state index in [-0.39, 0.29) is 0 Å². The number of hydrogen-bond donors (Lipinski definition) is 1. The molecule has 0 aliphatic carbocycles. The van der Waals surface area contributed by atoms with E-state index >= 15 is 0 Å². The van der Waals surface area contributed by atoms with Gasteiger partial charge in [-0.3, -0.25) is 9.10 Å². The molecule has 0 unspecified atom stereocenters. The lowest BCUT2D eigenvalue weighted by Crippen LogP contribution is -2.39. The van der Waals surface area contributed by atoms with Gasteiger partial charge in [0.1, 0.15) is 18.1 Å². The summed E-state index contributed by atoms with van der Waals surface area (Å²) in [6, 6.07) is 13.2. The minimum atomic E-state index is -3.74. The van der Waals surface area contributed by atoms with E-state index in [9.17, 15) is 13.2 Å². The lowest BCUT2D eigenvalue weighted by Gasteiger charge is -2.23. The lowest BCUT2D eigenvalue weighted by atomic mass is 10.2. The average molecular weight is 515 g/mol. The molecule has 1 N–H and O–H groups in total. The van der Waals surface area contributed by atoms with Crippen molar-refractivity contribution in [1.82, 2.24) is 5.43 Å². The molecule has 2 aromatic carbocycles. The Morgan fingerprint density at radius 1 is 1.12 bits per heavy atom. The second-order valence-electron chi connectivity index (χ2n) is 6.77. The first kappa shape index (κ1) is 24.1. The van der Waals surface area contributed by atoms with Gasteiger partial charge in [0.2, 0.25) is 10.0 Å². The quantitative estimate of drug-likeness (QED) is 0.349. The van der Waals surface area contributed by atoms with Gasteiger partial charge < -0.3 is 4.42 Å². The Labute approximate surface area is 200 Å². The standard InChI is InChI=1S/C21H18Cl3N3O4S/c1-13-17(23)4-3-5-19(13)27(32(2,29)30)12-21(28)26-25-11-15-7-9-20(31-15)16-8-6-14(22)10-18(16)24/h3-11H,12H2,1-2H3,(H,26,28)/b25-11-. The molecule has 0 atom stereocenters. The van der Waals surface area contributed by atoms with Gasteiger partial charge in [0.25, 0.3) is 5.91 Å². The van der Waals surface area contributed by atoms with Crippen molar-refractivity contribution in [2.45, 2.75) is 6.92 Å². The molecule has 32 heavy (non-hydrogen) atoms. The Morgan fingerprint density at radius 3 is 2.56 bits per heavy atom. The number of carbonyl (C=O) groups excluding carboxylic acids is 1. The summed E-state index contributed by atoms with van der Waals surface area (Å²) >= 11 is 18.2. The van der Waals surface area contributed by atoms with Gasteiger partial charge >= 0.3 is 0 Å². The van der Waals surface area contributed by atoms with Gasteiger partial charge in [0, 0.05) is 15.6 Å². The Hall–Kier alpha value is -2.52. The lowest BCUT2D eigenvalue weighted by molar-refractivity contribution is -0.119. The maximum absolute atomic E-state index is 12.3. The minimum Gasteiger partial charge on any atom is -0.455 e. The predicted octanol–water partition coefficient (Wildman–Crippen LogP) is 5.13. The van der Waals surface area contributed by atoms with Crippen LogP contribution in [0.1, 0.15) is 11.3 Å². The molecule has 168 valence electrons. The number of halogens is 3. The van der Waals surface area contributed by atoms with Crippen LogP contribution in [0.3, 0.4) is 0 Å². The molecule has 7 nitrogen and oxygen atoms in total. The van der Waals surface area contributed by atoms with Crippen LogP contribution in [-0.2, 0) is 14.8 Å². The van der Waals surface area contributed by atoms with Crippen molar-refractivity contribution in [1.29, 1.82) is 0 Å². The summed E-state index contributed by atoms with van der Waals surface area (Å²) in [5.41, 5.74) is 3.80. The second kappa shape index (κ2) is 9.95. The van der Waals surface area contributed by atoms with Crippen LogP contribution in [0.25, 0.3) is 11.3 Å². The minimum absolute atomic E-state index is 0.314. The van der Waals surface area contributed by atoms with Gasteiger partial charge in [0.15, 0.2) is 0 Å². The van der Waals surface area contributed by atoms with E-state index in [0.29, 0.717) is 43.4 Å². The summed E-state index contributed by atoms with van der Waals surface area (Å²) in [6.07, 6.45) is 2.30. The first-order valence-electron chi connectivity index (χ1n) is 9.16. The smallest absolute Gasteiger partial charge is 0.260 e. The number of nitrogens with zero attached hydrogens (tertiary/aromatic N) is 2. The van der Waals surface area contributed by atoms with E-state index in [1.807, 2.05) is 0 Å². The highest BCUT2D eigenvalue weighted by atomic mass is 35.5. The maximum atomic E-state index is 12.3. The van der Waals surface area contributed by atoms with Crippen LogP contribution in [0.5, 0.6) is 0 Å². The van der Waals surface area contributed by atoms with Crippen molar-refractivity contribution < 1.29 is 17.6 Å². The topological polar surface area (TPSA) is 92.0 Å². The van der Waals surface area contributed by atoms with E-state index in [0.717, 1.165) is 10.6 Å². The van der Waals surface area contributed by atoms with Crippen molar-refractivity contribution in [3.63, 3.8) is 0 Å². The summed E-state index contributed by atoms with van der Waals surface area (Å²) in [6.45, 7) is 1.20. The number of nitrogens with one attached hydrogen (secondary N) is 1. The number of sulfonamides is 1. The zero-order valence-corrected chi connectivity index (χ0v) is 20.1. The number of carbonyl (C=O) groups is 1. The first-order chi connectivity index (χ1) is 15.1. The largest absolute Gasteiger partial charge is 0.455 e. The summed E-state index contributed by atoms with van der Waals surface area (Å²) in [7, 11) is -3.74. The number of anilines is 1. The molecule has 0 spiro atoms. The van der Waals surface area contributed by atoms with Crippen LogP contribution in [0.15, 0.2) is 58.0 Å². The van der Waals surface area contributed by atoms with Crippen LogP contribution in [0, 0.1) is 6.92 Å². The molecule has 0 bridgehead atoms. The fraction of sp³-hybridized carbons (Fsp3) is 0.143. The monoisotopic (exact) mass is 513 g/mol. The van der Waals surface area contributed by atoms with Crippen LogP contribution in [0.2, 0.25) is 15.1 Å². The normalized spacial score (nSPS) is 11.7. The highest BCUT2D eigenvalue weighted by Gasteiger charge is 2.23. The molecule has 0 saturated carbocycles. The molecule has 0 saturated heterocycles. The molecule has 1 amide bonds. The van der Waals surface area contributed by atoms with E-state index < -0.39 is 22.5 Å². The van der Waals surface area contributed by atoms with Crippen molar-refractivity contribution >= 4 is 62.6 Å². The number of amides is 1. The fourth-order valence-corrected chi connectivity index (χ4v) is 4.42. The maximum Gasteiger partial charge on any atom is 0.260 e. The zero-order chi connectivity index (χ0) is 23.5. The van der Waals surface area contributed by atoms with Gasteiger partial charge in [0.05, 0.1) is 23.2 Å². The van der Waals surface area contributed by atoms with E-state index in [1.54, 1.807) is 55.5 Å². The Balaban J connectivity index is 1.69. The second-order valence-corrected chi connectivity index (χ2v) is 9.93. The number of hydrogen-bond acceptors (Lipinski definition) is 5. The van der Waals surface area contributed by atoms with Gasteiger partial charge in [-0.15, -0.1) is 0 Å². The van der Waals surface area contributed by atoms with Crippen LogP contribution >= 0.6 is 34.8 Å². The molecule has 3 aromatic rings. The van der Waals surface area contributed by atoms with Gasteiger partial charge in [-0.1, -0.05) is 40.9 Å². The summed E-state index contributed by atoms with van der Waals surface area (Å²) < 4.78 is 31.1. The van der Waals surface area contributed by atoms with Crippen LogP contribution < -0.4 is 9.73 Å². The van der Waals surface area contributed by atoms with Crippen molar-refractivity contribution in [3.05, 3.63) is 74.9 Å². The number of furan rings is 1. The predicted molar refractivity (Wildman–Crippen MR) is 128 cm³/mol. The van der Waals surface area contributed by atoms with Crippen molar-refractivity contribution in [2.75, 3.05) is 17.1 Å². The Bertz CT molecular complexity index is 1290. The molecular formula is C21H18Cl3N3O4S. The fourth-order valence-electron chi connectivity index (χ4n) is 2.84. The summed E-state index contributed by atoms with van der Waals surface area (Å²) in [5.74, 6) is 0.217. The molecule has 0 aliphatic rings. The van der Waals surface area contributed by atoms with Crippen LogP contribution in [-0.4, -0.2) is 33.3 Å². The Morgan fingerprint density at radius 2 is 1.88 bits per heavy atom. The third-order valence-corrected chi connectivity index (χ3v) is 6.48. The van der Waals surface area contributed by atoms with Gasteiger partial charge in [-0.05, 0) is 55.0 Å². The zero-order valence-electron chi connectivity index (χ0n) is 17.0. The van der Waals surface area contributed by atoms with E-state index in [2.05, 4.69) is 10.5 Å². The number of rotatable bonds is 7. The average Bonchev–Trinajstić information content (AvgIpc) is 3.16. The van der Waals surface area contributed by atoms with E-state index in [4.69, 9.17) is 39.2 Å². The SMILES string of the molecule is Cc1c(Cl)cccc1N(CC(=O)N/N=C\c1ccc(-c2ccc(Cl)cc2Cl)o1)S(C)(=O)=O. The summed E-state index contributed by atoms with van der Waals surface area (Å²) in [5, 5.41) is 5.16. The number of benzene rings is 2. The van der Waals surface area contributed by atoms with Crippen LogP contribution in [0.4, 0.5) is 5.69 Å². The van der Waals surface area contributed by atoms with Crippen molar-refractivity contribution in [2.24, 2.45) is 5.10 Å².